The molecule has 1 aliphatic carbocycles. The van der Waals surface area contributed by atoms with Crippen molar-refractivity contribution in [2.45, 2.75) is 30.3 Å². The summed E-state index contributed by atoms with van der Waals surface area (Å²) >= 11 is 4.31. The van der Waals surface area contributed by atoms with Gasteiger partial charge in [-0.05, 0) is 37.2 Å². The third kappa shape index (κ3) is 1.97. The lowest BCUT2D eigenvalue weighted by Crippen LogP contribution is -2.08. The quantitative estimate of drug-likeness (QED) is 0.576. The van der Waals surface area contributed by atoms with Gasteiger partial charge in [-0.1, -0.05) is 11.6 Å². The Morgan fingerprint density at radius 3 is 2.64 bits per heavy atom. The summed E-state index contributed by atoms with van der Waals surface area (Å²) in [4.78, 5) is 0. The van der Waals surface area contributed by atoms with Crippen molar-refractivity contribution in [3.05, 3.63) is 11.6 Å². The van der Waals surface area contributed by atoms with Gasteiger partial charge in [0.15, 0.2) is 0 Å². The van der Waals surface area contributed by atoms with Crippen LogP contribution in [0.25, 0.3) is 0 Å². The molecule has 11 heavy (non-hydrogen) atoms. The molecule has 62 valence electrons. The van der Waals surface area contributed by atoms with E-state index in [9.17, 15) is 0 Å². The fourth-order valence-corrected chi connectivity index (χ4v) is 4.66. The Morgan fingerprint density at radius 2 is 2.00 bits per heavy atom. The number of allylic oxidation sites excluding steroid dienone is 1. The molecule has 0 N–H and O–H groups in total. The van der Waals surface area contributed by atoms with Gasteiger partial charge in [-0.25, -0.2) is 0 Å². The lowest BCUT2D eigenvalue weighted by Gasteiger charge is -2.21. The summed E-state index contributed by atoms with van der Waals surface area (Å²) in [6.07, 6.45) is 8.01. The van der Waals surface area contributed by atoms with Crippen molar-refractivity contribution in [1.29, 1.82) is 0 Å². The number of hydrogen-bond donors (Lipinski definition) is 0. The van der Waals surface area contributed by atoms with Crippen molar-refractivity contribution < 1.29 is 0 Å². The lowest BCUT2D eigenvalue weighted by atomic mass is 10.3. The van der Waals surface area contributed by atoms with Crippen LogP contribution in [0, 0.1) is 0 Å². The minimum absolute atomic E-state index is 0.839. The molecule has 0 nitrogen and oxygen atoms in total. The molecule has 0 atom stereocenters. The van der Waals surface area contributed by atoms with Crippen LogP contribution in [0.15, 0.2) is 11.6 Å². The molecule has 0 unspecified atom stereocenters. The van der Waals surface area contributed by atoms with E-state index in [0.717, 1.165) is 4.58 Å². The molecule has 1 heterocycles. The van der Waals surface area contributed by atoms with Crippen molar-refractivity contribution >= 4 is 23.5 Å². The second-order valence-corrected chi connectivity index (χ2v) is 5.82. The first-order chi connectivity index (χ1) is 5.47. The molecule has 2 heteroatoms. The Hall–Kier alpha value is 0.440. The first-order valence-corrected chi connectivity index (χ1v) is 6.49. The largest absolute Gasteiger partial charge is 0.143 e. The summed E-state index contributed by atoms with van der Waals surface area (Å²) in [5.74, 6) is 2.77. The highest BCUT2D eigenvalue weighted by atomic mass is 32.2. The van der Waals surface area contributed by atoms with Gasteiger partial charge in [0.05, 0.1) is 4.58 Å². The summed E-state index contributed by atoms with van der Waals surface area (Å²) in [5, 5.41) is 0. The van der Waals surface area contributed by atoms with Gasteiger partial charge in [0.1, 0.15) is 0 Å². The molecule has 0 aromatic rings. The Balaban J connectivity index is 1.92. The number of hydrogen-bond acceptors (Lipinski definition) is 2. The van der Waals surface area contributed by atoms with Crippen molar-refractivity contribution in [3.63, 3.8) is 0 Å². The molecule has 0 bridgehead atoms. The van der Waals surface area contributed by atoms with E-state index < -0.39 is 0 Å². The molecule has 0 aromatic carbocycles. The SMILES string of the molecule is C1=C(C2SCCCS2)CCC1. The highest BCUT2D eigenvalue weighted by molar-refractivity contribution is 8.17. The average Bonchev–Trinajstić information content (AvgIpc) is 2.58. The van der Waals surface area contributed by atoms with E-state index in [0.29, 0.717) is 0 Å². The van der Waals surface area contributed by atoms with Crippen LogP contribution in [0.4, 0.5) is 0 Å². The van der Waals surface area contributed by atoms with Crippen LogP contribution < -0.4 is 0 Å². The van der Waals surface area contributed by atoms with Crippen LogP contribution in [-0.4, -0.2) is 16.1 Å². The first kappa shape index (κ1) is 8.06. The predicted molar refractivity (Wildman–Crippen MR) is 55.3 cm³/mol. The van der Waals surface area contributed by atoms with Gasteiger partial charge in [-0.2, -0.15) is 0 Å². The van der Waals surface area contributed by atoms with Gasteiger partial charge in [-0.15, -0.1) is 23.5 Å². The smallest absolute Gasteiger partial charge is 0.0711 e. The summed E-state index contributed by atoms with van der Waals surface area (Å²) in [7, 11) is 0. The van der Waals surface area contributed by atoms with E-state index in [4.69, 9.17) is 0 Å². The summed E-state index contributed by atoms with van der Waals surface area (Å²) in [6.45, 7) is 0. The number of rotatable bonds is 1. The molecular formula is C9H14S2. The second kappa shape index (κ2) is 3.90. The van der Waals surface area contributed by atoms with E-state index in [1.165, 1.54) is 37.2 Å². The van der Waals surface area contributed by atoms with Crippen LogP contribution in [0.1, 0.15) is 25.7 Å². The van der Waals surface area contributed by atoms with Gasteiger partial charge in [-0.3, -0.25) is 0 Å². The van der Waals surface area contributed by atoms with E-state index in [1.54, 1.807) is 5.57 Å². The van der Waals surface area contributed by atoms with Gasteiger partial charge >= 0.3 is 0 Å². The molecule has 0 saturated carbocycles. The van der Waals surface area contributed by atoms with Gasteiger partial charge in [0, 0.05) is 0 Å². The minimum atomic E-state index is 0.839. The third-order valence-electron chi connectivity index (χ3n) is 2.21. The molecule has 0 aromatic heterocycles. The molecule has 1 fully saturated rings. The van der Waals surface area contributed by atoms with E-state index >= 15 is 0 Å². The summed E-state index contributed by atoms with van der Waals surface area (Å²) in [6, 6.07) is 0. The Labute approximate surface area is 77.2 Å². The predicted octanol–water partition coefficient (Wildman–Crippen LogP) is 3.29. The second-order valence-electron chi connectivity index (χ2n) is 3.10. The zero-order valence-corrected chi connectivity index (χ0v) is 8.35. The maximum absolute atomic E-state index is 2.47. The lowest BCUT2D eigenvalue weighted by molar-refractivity contribution is 0.902. The Morgan fingerprint density at radius 1 is 1.18 bits per heavy atom. The van der Waals surface area contributed by atoms with Crippen LogP contribution >= 0.6 is 23.5 Å². The fourth-order valence-electron chi connectivity index (χ4n) is 1.61. The Bertz CT molecular complexity index is 157. The summed E-state index contributed by atoms with van der Waals surface area (Å²) < 4.78 is 0.839. The maximum atomic E-state index is 2.47. The van der Waals surface area contributed by atoms with Gasteiger partial charge in [0.25, 0.3) is 0 Å². The topological polar surface area (TPSA) is 0 Å². The third-order valence-corrected chi connectivity index (χ3v) is 5.28. The van der Waals surface area contributed by atoms with Crippen LogP contribution in [0.2, 0.25) is 0 Å². The zero-order chi connectivity index (χ0) is 7.52. The standard InChI is InChI=1S/C9H14S2/c1-2-5-8(4-1)9-10-6-3-7-11-9/h4,9H,1-3,5-7H2. The minimum Gasteiger partial charge on any atom is -0.143 e. The Kier molecular flexibility index (Phi) is 2.86. The monoisotopic (exact) mass is 186 g/mol. The van der Waals surface area contributed by atoms with Crippen molar-refractivity contribution in [2.24, 2.45) is 0 Å². The first-order valence-electron chi connectivity index (χ1n) is 4.39. The zero-order valence-electron chi connectivity index (χ0n) is 6.71. The van der Waals surface area contributed by atoms with Crippen molar-refractivity contribution in [2.75, 3.05) is 11.5 Å². The van der Waals surface area contributed by atoms with E-state index in [1.807, 2.05) is 0 Å². The average molecular weight is 186 g/mol. The fraction of sp³-hybridized carbons (Fsp3) is 0.778. The summed E-state index contributed by atoms with van der Waals surface area (Å²) in [5.41, 5.74) is 1.74. The van der Waals surface area contributed by atoms with Crippen LogP contribution in [0.5, 0.6) is 0 Å². The van der Waals surface area contributed by atoms with Crippen LogP contribution in [-0.2, 0) is 0 Å². The molecule has 0 amide bonds. The highest BCUT2D eigenvalue weighted by Crippen LogP contribution is 2.39. The molecule has 2 aliphatic rings. The van der Waals surface area contributed by atoms with Gasteiger partial charge < -0.3 is 0 Å². The van der Waals surface area contributed by atoms with Gasteiger partial charge in [0.2, 0.25) is 0 Å². The van der Waals surface area contributed by atoms with E-state index in [2.05, 4.69) is 29.6 Å². The molecule has 0 radical (unpaired) electrons. The van der Waals surface area contributed by atoms with Crippen molar-refractivity contribution in [1.82, 2.24) is 0 Å². The van der Waals surface area contributed by atoms with Crippen molar-refractivity contribution in [3.8, 4) is 0 Å². The molecule has 1 aliphatic heterocycles. The molecule has 1 saturated heterocycles. The number of thioether (sulfide) groups is 2. The van der Waals surface area contributed by atoms with E-state index in [-0.39, 0.29) is 0 Å². The maximum Gasteiger partial charge on any atom is 0.0711 e. The molecular weight excluding hydrogens is 172 g/mol. The van der Waals surface area contributed by atoms with Crippen LogP contribution in [0.3, 0.4) is 0 Å². The molecule has 2 rings (SSSR count). The normalized spacial score (nSPS) is 27.1. The molecule has 0 spiro atoms. The highest BCUT2D eigenvalue weighted by Gasteiger charge is 2.20.